The Hall–Kier alpha value is -2.20. The first-order chi connectivity index (χ1) is 9.66. The predicted octanol–water partition coefficient (Wildman–Crippen LogP) is 1.83. The molecule has 4 heteroatoms. The molecule has 1 aromatic heterocycles. The Labute approximate surface area is 119 Å². The van der Waals surface area contributed by atoms with Crippen molar-refractivity contribution in [1.82, 2.24) is 10.3 Å². The van der Waals surface area contributed by atoms with E-state index < -0.39 is 6.04 Å². The molecule has 104 valence electrons. The summed E-state index contributed by atoms with van der Waals surface area (Å²) in [5.41, 5.74) is 8.03. The van der Waals surface area contributed by atoms with Gasteiger partial charge in [-0.05, 0) is 36.6 Å². The largest absolute Gasteiger partial charge is 0.348 e. The van der Waals surface area contributed by atoms with Gasteiger partial charge in [0.25, 0.3) is 0 Å². The standard InChI is InChI=1S/C16H19N3O/c1-12(14-7-9-18-10-8-14)19-16(20)15(17)11-13-5-3-2-4-6-13/h2-10,12,15H,11,17H2,1H3,(H,19,20)/t12-,15-/m0/s1. The maximum absolute atomic E-state index is 12.1. The van der Waals surface area contributed by atoms with Crippen molar-refractivity contribution in [2.45, 2.75) is 25.4 Å². The second-order valence-electron chi connectivity index (χ2n) is 4.81. The molecular formula is C16H19N3O. The minimum atomic E-state index is -0.540. The average molecular weight is 269 g/mol. The summed E-state index contributed by atoms with van der Waals surface area (Å²) in [7, 11) is 0. The number of hydrogen-bond acceptors (Lipinski definition) is 3. The monoisotopic (exact) mass is 269 g/mol. The second-order valence-corrected chi connectivity index (χ2v) is 4.81. The van der Waals surface area contributed by atoms with E-state index in [-0.39, 0.29) is 11.9 Å². The summed E-state index contributed by atoms with van der Waals surface area (Å²) in [6.07, 6.45) is 3.96. The number of aromatic nitrogens is 1. The van der Waals surface area contributed by atoms with Gasteiger partial charge in [0.05, 0.1) is 12.1 Å². The van der Waals surface area contributed by atoms with Gasteiger partial charge in [-0.15, -0.1) is 0 Å². The van der Waals surface area contributed by atoms with Gasteiger partial charge in [0.15, 0.2) is 0 Å². The van der Waals surface area contributed by atoms with Gasteiger partial charge in [-0.3, -0.25) is 9.78 Å². The van der Waals surface area contributed by atoms with Crippen molar-refractivity contribution in [2.75, 3.05) is 0 Å². The van der Waals surface area contributed by atoms with Crippen LogP contribution < -0.4 is 11.1 Å². The molecule has 0 aliphatic heterocycles. The predicted molar refractivity (Wildman–Crippen MR) is 78.9 cm³/mol. The number of pyridine rings is 1. The Morgan fingerprint density at radius 1 is 1.20 bits per heavy atom. The lowest BCUT2D eigenvalue weighted by Gasteiger charge is -2.17. The van der Waals surface area contributed by atoms with Crippen LogP contribution in [0.1, 0.15) is 24.1 Å². The maximum atomic E-state index is 12.1. The number of carbonyl (C=O) groups excluding carboxylic acids is 1. The van der Waals surface area contributed by atoms with E-state index in [2.05, 4.69) is 10.3 Å². The molecule has 1 heterocycles. The molecule has 4 nitrogen and oxygen atoms in total. The van der Waals surface area contributed by atoms with Gasteiger partial charge in [0, 0.05) is 12.4 Å². The Morgan fingerprint density at radius 2 is 1.85 bits per heavy atom. The molecule has 1 aromatic carbocycles. The van der Waals surface area contributed by atoms with Crippen molar-refractivity contribution in [3.05, 3.63) is 66.0 Å². The molecule has 0 radical (unpaired) electrons. The molecule has 0 saturated carbocycles. The van der Waals surface area contributed by atoms with Crippen LogP contribution >= 0.6 is 0 Å². The van der Waals surface area contributed by atoms with E-state index in [4.69, 9.17) is 5.73 Å². The summed E-state index contributed by atoms with van der Waals surface area (Å²) in [6, 6.07) is 12.9. The smallest absolute Gasteiger partial charge is 0.237 e. The van der Waals surface area contributed by atoms with E-state index in [9.17, 15) is 4.79 Å². The molecule has 0 unspecified atom stereocenters. The fraction of sp³-hybridized carbons (Fsp3) is 0.250. The highest BCUT2D eigenvalue weighted by molar-refractivity contribution is 5.82. The van der Waals surface area contributed by atoms with E-state index in [1.54, 1.807) is 12.4 Å². The van der Waals surface area contributed by atoms with Gasteiger partial charge in [-0.2, -0.15) is 0 Å². The highest BCUT2D eigenvalue weighted by Crippen LogP contribution is 2.10. The summed E-state index contributed by atoms with van der Waals surface area (Å²) >= 11 is 0. The third kappa shape index (κ3) is 3.90. The molecular weight excluding hydrogens is 250 g/mol. The van der Waals surface area contributed by atoms with Gasteiger partial charge < -0.3 is 11.1 Å². The summed E-state index contributed by atoms with van der Waals surface area (Å²) < 4.78 is 0. The van der Waals surface area contributed by atoms with Crippen LogP contribution in [-0.4, -0.2) is 16.9 Å². The normalized spacial score (nSPS) is 13.5. The molecule has 0 bridgehead atoms. The Kier molecular flexibility index (Phi) is 4.85. The molecule has 2 aromatic rings. The Bertz CT molecular complexity index is 542. The number of rotatable bonds is 5. The zero-order valence-corrected chi connectivity index (χ0v) is 11.5. The van der Waals surface area contributed by atoms with Crippen molar-refractivity contribution in [1.29, 1.82) is 0 Å². The van der Waals surface area contributed by atoms with Crippen LogP contribution in [0.15, 0.2) is 54.9 Å². The SMILES string of the molecule is C[C@H](NC(=O)[C@@H](N)Cc1ccccc1)c1ccncc1. The highest BCUT2D eigenvalue weighted by atomic mass is 16.2. The first kappa shape index (κ1) is 14.2. The van der Waals surface area contributed by atoms with Crippen LogP contribution in [0.2, 0.25) is 0 Å². The molecule has 0 saturated heterocycles. The lowest BCUT2D eigenvalue weighted by molar-refractivity contribution is -0.123. The molecule has 0 aliphatic rings. The third-order valence-electron chi connectivity index (χ3n) is 3.20. The van der Waals surface area contributed by atoms with Crippen molar-refractivity contribution >= 4 is 5.91 Å². The zero-order valence-electron chi connectivity index (χ0n) is 11.5. The van der Waals surface area contributed by atoms with Gasteiger partial charge in [0.2, 0.25) is 5.91 Å². The molecule has 20 heavy (non-hydrogen) atoms. The summed E-state index contributed by atoms with van der Waals surface area (Å²) in [5.74, 6) is -0.141. The van der Waals surface area contributed by atoms with E-state index in [0.717, 1.165) is 11.1 Å². The van der Waals surface area contributed by atoms with Crippen molar-refractivity contribution in [3.8, 4) is 0 Å². The number of nitrogens with zero attached hydrogens (tertiary/aromatic N) is 1. The first-order valence-electron chi connectivity index (χ1n) is 6.66. The summed E-state index contributed by atoms with van der Waals surface area (Å²) in [5, 5.41) is 2.92. The zero-order chi connectivity index (χ0) is 14.4. The van der Waals surface area contributed by atoms with Gasteiger partial charge in [-0.1, -0.05) is 30.3 Å². The van der Waals surface area contributed by atoms with Crippen LogP contribution in [0.25, 0.3) is 0 Å². The van der Waals surface area contributed by atoms with Crippen LogP contribution in [0.3, 0.4) is 0 Å². The minimum Gasteiger partial charge on any atom is -0.348 e. The fourth-order valence-corrected chi connectivity index (χ4v) is 2.02. The van der Waals surface area contributed by atoms with Crippen LogP contribution in [0.4, 0.5) is 0 Å². The number of nitrogens with two attached hydrogens (primary N) is 1. The first-order valence-corrected chi connectivity index (χ1v) is 6.66. The molecule has 0 aliphatic carbocycles. The highest BCUT2D eigenvalue weighted by Gasteiger charge is 2.16. The van der Waals surface area contributed by atoms with E-state index in [1.807, 2.05) is 49.4 Å². The summed E-state index contributed by atoms with van der Waals surface area (Å²) in [6.45, 7) is 1.93. The van der Waals surface area contributed by atoms with Crippen LogP contribution in [-0.2, 0) is 11.2 Å². The van der Waals surface area contributed by atoms with Crippen LogP contribution in [0, 0.1) is 0 Å². The van der Waals surface area contributed by atoms with Gasteiger partial charge in [-0.25, -0.2) is 0 Å². The number of hydrogen-bond donors (Lipinski definition) is 2. The molecule has 0 spiro atoms. The fourth-order valence-electron chi connectivity index (χ4n) is 2.02. The number of nitrogens with one attached hydrogen (secondary N) is 1. The molecule has 2 rings (SSSR count). The molecule has 2 atom stereocenters. The maximum Gasteiger partial charge on any atom is 0.237 e. The number of benzene rings is 1. The lowest BCUT2D eigenvalue weighted by atomic mass is 10.0. The summed E-state index contributed by atoms with van der Waals surface area (Å²) in [4.78, 5) is 16.0. The quantitative estimate of drug-likeness (QED) is 0.870. The topological polar surface area (TPSA) is 68.0 Å². The number of amides is 1. The average Bonchev–Trinajstić information content (AvgIpc) is 2.49. The van der Waals surface area contributed by atoms with Crippen molar-refractivity contribution in [3.63, 3.8) is 0 Å². The second kappa shape index (κ2) is 6.82. The van der Waals surface area contributed by atoms with Gasteiger partial charge in [0.1, 0.15) is 0 Å². The molecule has 1 amide bonds. The van der Waals surface area contributed by atoms with Crippen molar-refractivity contribution < 1.29 is 4.79 Å². The Morgan fingerprint density at radius 3 is 2.50 bits per heavy atom. The third-order valence-corrected chi connectivity index (χ3v) is 3.20. The van der Waals surface area contributed by atoms with Gasteiger partial charge >= 0.3 is 0 Å². The van der Waals surface area contributed by atoms with E-state index in [0.29, 0.717) is 6.42 Å². The van der Waals surface area contributed by atoms with E-state index >= 15 is 0 Å². The number of carbonyl (C=O) groups is 1. The van der Waals surface area contributed by atoms with Crippen molar-refractivity contribution in [2.24, 2.45) is 5.73 Å². The van der Waals surface area contributed by atoms with E-state index in [1.165, 1.54) is 0 Å². The lowest BCUT2D eigenvalue weighted by Crippen LogP contribution is -2.42. The molecule has 3 N–H and O–H groups in total. The minimum absolute atomic E-state index is 0.0766. The Balaban J connectivity index is 1.91. The van der Waals surface area contributed by atoms with Crippen LogP contribution in [0.5, 0.6) is 0 Å². The molecule has 0 fully saturated rings.